The van der Waals surface area contributed by atoms with Crippen molar-refractivity contribution in [3.05, 3.63) is 47.3 Å². The minimum Gasteiger partial charge on any atom is -0.480 e. The number of hydrogen-bond donors (Lipinski definition) is 1. The van der Waals surface area contributed by atoms with Gasteiger partial charge in [-0.2, -0.15) is 0 Å². The molecule has 0 spiro atoms. The standard InChI is InChI=1S/C27H34FN3O5S/c1-17(27(35)36)31-14-13-29(16-24(31)33)11-9-20-15-30(12-10-23(20)37-18(2)32)25(26(34)19-7-8-19)21-5-3-4-6-22(21)28/h3-6,9,17,19,23,25H,7-8,10-16H2,1-2H3,(H,35,36). The van der Waals surface area contributed by atoms with Crippen LogP contribution in [-0.2, 0) is 19.2 Å². The van der Waals surface area contributed by atoms with Gasteiger partial charge >= 0.3 is 5.97 Å². The van der Waals surface area contributed by atoms with Crippen LogP contribution in [0.2, 0.25) is 0 Å². The zero-order valence-corrected chi connectivity index (χ0v) is 22.1. The van der Waals surface area contributed by atoms with Crippen LogP contribution in [0.4, 0.5) is 4.39 Å². The highest BCUT2D eigenvalue weighted by molar-refractivity contribution is 8.14. The Hall–Kier alpha value is -2.56. The number of carbonyl (C=O) groups is 4. The summed E-state index contributed by atoms with van der Waals surface area (Å²) in [4.78, 5) is 54.5. The van der Waals surface area contributed by atoms with Crippen LogP contribution in [0.15, 0.2) is 35.9 Å². The second-order valence-electron chi connectivity index (χ2n) is 10.1. The average Bonchev–Trinajstić information content (AvgIpc) is 3.70. The number of halogens is 1. The van der Waals surface area contributed by atoms with E-state index in [-0.39, 0.29) is 40.3 Å². The molecule has 1 aromatic carbocycles. The van der Waals surface area contributed by atoms with Crippen molar-refractivity contribution in [2.45, 2.75) is 50.4 Å². The van der Waals surface area contributed by atoms with Crippen molar-refractivity contribution in [3.8, 4) is 0 Å². The number of piperazine rings is 1. The van der Waals surface area contributed by atoms with Crippen molar-refractivity contribution < 1.29 is 28.7 Å². The molecule has 2 aliphatic heterocycles. The summed E-state index contributed by atoms with van der Waals surface area (Å²) in [6, 6.07) is 4.92. The number of benzene rings is 1. The Morgan fingerprint density at radius 2 is 1.86 bits per heavy atom. The number of carbonyl (C=O) groups excluding carboxylic acids is 3. The van der Waals surface area contributed by atoms with E-state index >= 15 is 0 Å². The van der Waals surface area contributed by atoms with Gasteiger partial charge in [-0.15, -0.1) is 0 Å². The Bertz CT molecular complexity index is 1090. The van der Waals surface area contributed by atoms with E-state index in [0.717, 1.165) is 18.4 Å². The van der Waals surface area contributed by atoms with Crippen molar-refractivity contribution in [1.29, 1.82) is 0 Å². The normalized spacial score (nSPS) is 24.2. The van der Waals surface area contributed by atoms with E-state index < -0.39 is 18.1 Å². The molecular weight excluding hydrogens is 497 g/mol. The molecule has 8 nitrogen and oxygen atoms in total. The fourth-order valence-corrected chi connectivity index (χ4v) is 6.08. The monoisotopic (exact) mass is 531 g/mol. The molecule has 1 aromatic rings. The molecule has 1 N–H and O–H groups in total. The summed E-state index contributed by atoms with van der Waals surface area (Å²) in [6.07, 6.45) is 4.35. The van der Waals surface area contributed by atoms with Gasteiger partial charge in [-0.05, 0) is 37.8 Å². The number of Topliss-reactive ketones (excluding diaryl/α,β-unsaturated/α-hetero) is 1. The van der Waals surface area contributed by atoms with Gasteiger partial charge in [0.15, 0.2) is 10.9 Å². The maximum atomic E-state index is 14.8. The Labute approximate surface area is 220 Å². The largest absolute Gasteiger partial charge is 0.480 e. The predicted octanol–water partition coefficient (Wildman–Crippen LogP) is 2.74. The van der Waals surface area contributed by atoms with E-state index in [4.69, 9.17) is 0 Å². The number of aliphatic carboxylic acids is 1. The molecule has 1 saturated carbocycles. The fourth-order valence-electron chi connectivity index (χ4n) is 5.13. The van der Waals surface area contributed by atoms with E-state index in [1.165, 1.54) is 36.6 Å². The third-order valence-electron chi connectivity index (χ3n) is 7.37. The Morgan fingerprint density at radius 1 is 1.14 bits per heavy atom. The predicted molar refractivity (Wildman–Crippen MR) is 138 cm³/mol. The minimum absolute atomic E-state index is 0.00973. The number of piperidine rings is 1. The summed E-state index contributed by atoms with van der Waals surface area (Å²) < 4.78 is 14.8. The smallest absolute Gasteiger partial charge is 0.326 e. The Kier molecular flexibility index (Phi) is 8.82. The summed E-state index contributed by atoms with van der Waals surface area (Å²) in [7, 11) is 0. The average molecular weight is 532 g/mol. The quantitative estimate of drug-likeness (QED) is 0.486. The summed E-state index contributed by atoms with van der Waals surface area (Å²) in [6.45, 7) is 5.52. The SMILES string of the molecule is CC(=O)SC1CCN(C(C(=O)C2CC2)c2ccccc2F)CC1=CCN1CCN(C(C)C(=O)O)C(=O)C1. The number of rotatable bonds is 9. The lowest BCUT2D eigenvalue weighted by Crippen LogP contribution is -2.55. The maximum Gasteiger partial charge on any atom is 0.326 e. The van der Waals surface area contributed by atoms with Gasteiger partial charge in [-0.25, -0.2) is 9.18 Å². The Balaban J connectivity index is 1.51. The number of carboxylic acids is 1. The maximum absolute atomic E-state index is 14.8. The van der Waals surface area contributed by atoms with Crippen LogP contribution in [0.1, 0.15) is 44.7 Å². The van der Waals surface area contributed by atoms with Crippen LogP contribution in [0.3, 0.4) is 0 Å². The van der Waals surface area contributed by atoms with E-state index in [2.05, 4.69) is 0 Å². The number of nitrogens with zero attached hydrogens (tertiary/aromatic N) is 3. The lowest BCUT2D eigenvalue weighted by Gasteiger charge is -2.39. The summed E-state index contributed by atoms with van der Waals surface area (Å²) >= 11 is 1.27. The Morgan fingerprint density at radius 3 is 2.49 bits per heavy atom. The summed E-state index contributed by atoms with van der Waals surface area (Å²) in [5.74, 6) is -1.62. The molecule has 1 aliphatic carbocycles. The van der Waals surface area contributed by atoms with Crippen LogP contribution in [0.25, 0.3) is 0 Å². The molecular formula is C27H34FN3O5S. The second kappa shape index (κ2) is 11.9. The zero-order chi connectivity index (χ0) is 26.7. The van der Waals surface area contributed by atoms with Gasteiger partial charge < -0.3 is 10.0 Å². The van der Waals surface area contributed by atoms with Crippen LogP contribution >= 0.6 is 11.8 Å². The molecule has 37 heavy (non-hydrogen) atoms. The lowest BCUT2D eigenvalue weighted by atomic mass is 9.93. The van der Waals surface area contributed by atoms with Gasteiger partial charge in [-0.3, -0.25) is 24.2 Å². The first-order valence-electron chi connectivity index (χ1n) is 12.8. The first-order chi connectivity index (χ1) is 17.7. The van der Waals surface area contributed by atoms with E-state index in [1.54, 1.807) is 18.2 Å². The number of amides is 1. The highest BCUT2D eigenvalue weighted by Crippen LogP contribution is 2.40. The number of thioether (sulfide) groups is 1. The van der Waals surface area contributed by atoms with Gasteiger partial charge in [0.1, 0.15) is 11.9 Å². The summed E-state index contributed by atoms with van der Waals surface area (Å²) in [5.41, 5.74) is 1.39. The topological polar surface area (TPSA) is 98.2 Å². The van der Waals surface area contributed by atoms with Crippen molar-refractivity contribution >= 4 is 34.5 Å². The molecule has 0 radical (unpaired) electrons. The molecule has 4 rings (SSSR count). The van der Waals surface area contributed by atoms with Gasteiger partial charge in [0, 0.05) is 56.4 Å². The van der Waals surface area contributed by atoms with Gasteiger partial charge in [0.05, 0.1) is 12.6 Å². The van der Waals surface area contributed by atoms with E-state index in [1.807, 2.05) is 15.9 Å². The molecule has 3 atom stereocenters. The molecule has 200 valence electrons. The molecule has 1 amide bonds. The highest BCUT2D eigenvalue weighted by Gasteiger charge is 2.41. The first-order valence-corrected chi connectivity index (χ1v) is 13.7. The third kappa shape index (κ3) is 6.66. The summed E-state index contributed by atoms with van der Waals surface area (Å²) in [5, 5.41) is 9.20. The van der Waals surface area contributed by atoms with E-state index in [9.17, 15) is 28.7 Å². The second-order valence-corrected chi connectivity index (χ2v) is 11.5. The van der Waals surface area contributed by atoms with Crippen molar-refractivity contribution in [2.75, 3.05) is 39.3 Å². The van der Waals surface area contributed by atoms with Crippen molar-refractivity contribution in [1.82, 2.24) is 14.7 Å². The zero-order valence-electron chi connectivity index (χ0n) is 21.3. The number of likely N-dealkylation sites (tertiary alicyclic amines) is 1. The molecule has 0 aromatic heterocycles. The lowest BCUT2D eigenvalue weighted by molar-refractivity contribution is -0.152. The van der Waals surface area contributed by atoms with Crippen LogP contribution < -0.4 is 0 Å². The number of ketones is 1. The minimum atomic E-state index is -1.03. The van der Waals surface area contributed by atoms with Crippen molar-refractivity contribution in [2.24, 2.45) is 5.92 Å². The highest BCUT2D eigenvalue weighted by atomic mass is 32.2. The number of hydrogen-bond acceptors (Lipinski definition) is 7. The van der Waals surface area contributed by atoms with Gasteiger partial charge in [0.25, 0.3) is 0 Å². The molecule has 2 saturated heterocycles. The van der Waals surface area contributed by atoms with Crippen LogP contribution in [0, 0.1) is 11.7 Å². The van der Waals surface area contributed by atoms with Crippen LogP contribution in [-0.4, -0.2) is 93.1 Å². The van der Waals surface area contributed by atoms with Crippen LogP contribution in [0.5, 0.6) is 0 Å². The molecule has 10 heteroatoms. The molecule has 0 bridgehead atoms. The van der Waals surface area contributed by atoms with Crippen molar-refractivity contribution in [3.63, 3.8) is 0 Å². The first kappa shape index (κ1) is 27.5. The van der Waals surface area contributed by atoms with Gasteiger partial charge in [0.2, 0.25) is 5.91 Å². The van der Waals surface area contributed by atoms with Gasteiger partial charge in [-0.1, -0.05) is 36.0 Å². The number of carboxylic acid groups (broad SMARTS) is 1. The van der Waals surface area contributed by atoms with E-state index in [0.29, 0.717) is 44.7 Å². The third-order valence-corrected chi connectivity index (χ3v) is 8.53. The fraction of sp³-hybridized carbons (Fsp3) is 0.556. The molecule has 2 heterocycles. The molecule has 3 unspecified atom stereocenters. The molecule has 3 aliphatic rings. The molecule has 3 fully saturated rings.